The van der Waals surface area contributed by atoms with Crippen molar-refractivity contribution in [3.63, 3.8) is 0 Å². The second kappa shape index (κ2) is 5.51. The maximum atomic E-state index is 11.9. The molecule has 1 fully saturated rings. The Labute approximate surface area is 110 Å². The van der Waals surface area contributed by atoms with Crippen molar-refractivity contribution in [2.75, 3.05) is 13.1 Å². The summed E-state index contributed by atoms with van der Waals surface area (Å²) in [4.78, 5) is 36.0. The number of rotatable bonds is 3. The van der Waals surface area contributed by atoms with Crippen molar-refractivity contribution in [2.45, 2.75) is 13.0 Å². The summed E-state index contributed by atoms with van der Waals surface area (Å²) in [6.07, 6.45) is 0. The monoisotopic (exact) mass is 261 g/mol. The van der Waals surface area contributed by atoms with Crippen molar-refractivity contribution in [3.8, 4) is 0 Å². The summed E-state index contributed by atoms with van der Waals surface area (Å²) in [6, 6.07) is 7.21. The lowest BCUT2D eigenvalue weighted by Crippen LogP contribution is -2.44. The Morgan fingerprint density at radius 2 is 2.00 bits per heavy atom. The van der Waals surface area contributed by atoms with E-state index in [2.05, 4.69) is 10.6 Å². The number of hydrogen-bond acceptors (Lipinski definition) is 3. The van der Waals surface area contributed by atoms with Crippen molar-refractivity contribution < 1.29 is 14.4 Å². The number of urea groups is 2. The molecule has 19 heavy (non-hydrogen) atoms. The lowest BCUT2D eigenvalue weighted by molar-refractivity contribution is -0.118. The van der Waals surface area contributed by atoms with E-state index in [0.717, 1.165) is 4.90 Å². The first-order valence-corrected chi connectivity index (χ1v) is 6.01. The van der Waals surface area contributed by atoms with E-state index in [4.69, 9.17) is 0 Å². The van der Waals surface area contributed by atoms with Gasteiger partial charge in [0.2, 0.25) is 0 Å². The van der Waals surface area contributed by atoms with Gasteiger partial charge in [0, 0.05) is 13.1 Å². The van der Waals surface area contributed by atoms with Gasteiger partial charge in [0.05, 0.1) is 0 Å². The number of carbonyl (C=O) groups is 3. The number of nitrogens with zero attached hydrogens (tertiary/aromatic N) is 1. The number of nitrogens with one attached hydrogen (secondary N) is 2. The molecule has 1 saturated heterocycles. The Balaban J connectivity index is 2.12. The molecule has 1 atom stereocenters. The van der Waals surface area contributed by atoms with Crippen LogP contribution in [0.3, 0.4) is 0 Å². The van der Waals surface area contributed by atoms with Crippen LogP contribution in [0.25, 0.3) is 0 Å². The quantitative estimate of drug-likeness (QED) is 0.853. The summed E-state index contributed by atoms with van der Waals surface area (Å²) in [7, 11) is 0. The minimum atomic E-state index is -0.734. The molecule has 100 valence electrons. The second-order valence-electron chi connectivity index (χ2n) is 4.29. The third-order valence-corrected chi connectivity index (χ3v) is 2.91. The van der Waals surface area contributed by atoms with Crippen LogP contribution in [-0.2, 0) is 4.79 Å². The topological polar surface area (TPSA) is 78.5 Å². The first kappa shape index (κ1) is 13.1. The highest BCUT2D eigenvalue weighted by Gasteiger charge is 2.29. The molecule has 4 amide bonds. The van der Waals surface area contributed by atoms with Crippen LogP contribution in [0.2, 0.25) is 0 Å². The Hall–Kier alpha value is -2.37. The van der Waals surface area contributed by atoms with Crippen LogP contribution in [0.4, 0.5) is 9.59 Å². The average Bonchev–Trinajstić information content (AvgIpc) is 2.82. The lowest BCUT2D eigenvalue weighted by atomic mass is 10.0. The fourth-order valence-electron chi connectivity index (χ4n) is 1.93. The second-order valence-corrected chi connectivity index (χ2v) is 4.29. The van der Waals surface area contributed by atoms with Crippen LogP contribution >= 0.6 is 0 Å². The largest absolute Gasteiger partial charge is 0.336 e. The molecule has 6 nitrogen and oxygen atoms in total. The minimum Gasteiger partial charge on any atom is -0.336 e. The van der Waals surface area contributed by atoms with Gasteiger partial charge in [-0.15, -0.1) is 0 Å². The van der Waals surface area contributed by atoms with Gasteiger partial charge >= 0.3 is 12.1 Å². The molecule has 1 aromatic rings. The molecule has 0 spiro atoms. The summed E-state index contributed by atoms with van der Waals surface area (Å²) < 4.78 is 0. The van der Waals surface area contributed by atoms with Crippen molar-refractivity contribution in [3.05, 3.63) is 35.9 Å². The summed E-state index contributed by atoms with van der Waals surface area (Å²) in [6.45, 7) is 2.15. The van der Waals surface area contributed by atoms with Crippen LogP contribution in [-0.4, -0.2) is 35.8 Å². The molecular formula is C13H15N3O3. The van der Waals surface area contributed by atoms with E-state index in [1.807, 2.05) is 6.07 Å². The number of amides is 4. The number of Topliss-reactive ketones (excluding diaryl/α,β-unsaturated/α-hetero) is 1. The Kier molecular flexibility index (Phi) is 3.79. The van der Waals surface area contributed by atoms with E-state index >= 15 is 0 Å². The van der Waals surface area contributed by atoms with E-state index in [1.54, 1.807) is 24.3 Å². The van der Waals surface area contributed by atoms with Gasteiger partial charge in [0.25, 0.3) is 0 Å². The zero-order valence-electron chi connectivity index (χ0n) is 10.6. The maximum absolute atomic E-state index is 11.9. The van der Waals surface area contributed by atoms with Crippen molar-refractivity contribution in [1.82, 2.24) is 15.5 Å². The summed E-state index contributed by atoms with van der Waals surface area (Å²) in [5.74, 6) is -0.181. The molecule has 0 saturated carbocycles. The molecule has 1 unspecified atom stereocenters. The van der Waals surface area contributed by atoms with Crippen LogP contribution in [0.1, 0.15) is 18.5 Å². The zero-order chi connectivity index (χ0) is 13.8. The molecule has 1 heterocycles. The third kappa shape index (κ3) is 2.90. The predicted octanol–water partition coefficient (Wildman–Crippen LogP) is 1.05. The van der Waals surface area contributed by atoms with Gasteiger partial charge in [-0.05, 0) is 12.5 Å². The Morgan fingerprint density at radius 3 is 2.53 bits per heavy atom. The van der Waals surface area contributed by atoms with Crippen molar-refractivity contribution in [2.24, 2.45) is 0 Å². The first-order chi connectivity index (χ1) is 9.09. The third-order valence-electron chi connectivity index (χ3n) is 2.91. The van der Waals surface area contributed by atoms with Gasteiger partial charge in [-0.25, -0.2) is 14.5 Å². The molecule has 0 bridgehead atoms. The molecule has 1 aromatic carbocycles. The highest BCUT2D eigenvalue weighted by molar-refractivity contribution is 5.97. The standard InChI is InChI=1S/C13H15N3O3/c1-9(17)11(10-5-3-2-4-6-10)15-13(19)16-8-7-14-12(16)18/h2-6,11H,7-8H2,1H3,(H,14,18)(H,15,19). The Morgan fingerprint density at radius 1 is 1.32 bits per heavy atom. The predicted molar refractivity (Wildman–Crippen MR) is 68.5 cm³/mol. The van der Waals surface area contributed by atoms with Gasteiger partial charge in [0.15, 0.2) is 5.78 Å². The molecular weight excluding hydrogens is 246 g/mol. The molecule has 0 radical (unpaired) electrons. The smallest absolute Gasteiger partial charge is 0.326 e. The van der Waals surface area contributed by atoms with Gasteiger partial charge < -0.3 is 10.6 Å². The van der Waals surface area contributed by atoms with Crippen LogP contribution in [0.5, 0.6) is 0 Å². The SMILES string of the molecule is CC(=O)C(NC(=O)N1CCNC1=O)c1ccccc1. The van der Waals surface area contributed by atoms with E-state index in [1.165, 1.54) is 6.92 Å². The number of hydrogen-bond donors (Lipinski definition) is 2. The van der Waals surface area contributed by atoms with E-state index < -0.39 is 18.1 Å². The number of imide groups is 1. The Bertz CT molecular complexity index is 501. The van der Waals surface area contributed by atoms with Gasteiger partial charge in [0.1, 0.15) is 6.04 Å². The molecule has 2 rings (SSSR count). The average molecular weight is 261 g/mol. The van der Waals surface area contributed by atoms with Crippen molar-refractivity contribution >= 4 is 17.8 Å². The maximum Gasteiger partial charge on any atom is 0.326 e. The van der Waals surface area contributed by atoms with Gasteiger partial charge in [-0.1, -0.05) is 30.3 Å². The lowest BCUT2D eigenvalue weighted by Gasteiger charge is -2.20. The van der Waals surface area contributed by atoms with Crippen LogP contribution < -0.4 is 10.6 Å². The molecule has 0 aliphatic carbocycles. The highest BCUT2D eigenvalue weighted by Crippen LogP contribution is 2.14. The van der Waals surface area contributed by atoms with E-state index in [-0.39, 0.29) is 5.78 Å². The van der Waals surface area contributed by atoms with E-state index in [0.29, 0.717) is 18.7 Å². The molecule has 1 aliphatic heterocycles. The van der Waals surface area contributed by atoms with Crippen LogP contribution in [0, 0.1) is 0 Å². The van der Waals surface area contributed by atoms with Gasteiger partial charge in [-0.2, -0.15) is 0 Å². The molecule has 1 aliphatic rings. The number of ketones is 1. The normalized spacial score (nSPS) is 15.8. The fourth-order valence-corrected chi connectivity index (χ4v) is 1.93. The minimum absolute atomic E-state index is 0.181. The van der Waals surface area contributed by atoms with E-state index in [9.17, 15) is 14.4 Å². The summed E-state index contributed by atoms with van der Waals surface area (Å²) in [5, 5.41) is 5.12. The first-order valence-electron chi connectivity index (χ1n) is 6.01. The molecule has 2 N–H and O–H groups in total. The highest BCUT2D eigenvalue weighted by atomic mass is 16.2. The summed E-state index contributed by atoms with van der Waals surface area (Å²) >= 11 is 0. The number of carbonyl (C=O) groups excluding carboxylic acids is 3. The van der Waals surface area contributed by atoms with Gasteiger partial charge in [-0.3, -0.25) is 4.79 Å². The van der Waals surface area contributed by atoms with Crippen LogP contribution in [0.15, 0.2) is 30.3 Å². The zero-order valence-corrected chi connectivity index (χ0v) is 10.6. The molecule has 0 aromatic heterocycles. The summed E-state index contributed by atoms with van der Waals surface area (Å²) in [5.41, 5.74) is 0.697. The molecule has 6 heteroatoms. The fraction of sp³-hybridized carbons (Fsp3) is 0.308. The van der Waals surface area contributed by atoms with Crippen molar-refractivity contribution in [1.29, 1.82) is 0 Å². The number of benzene rings is 1.